The summed E-state index contributed by atoms with van der Waals surface area (Å²) in [7, 11) is 0. The van der Waals surface area contributed by atoms with Crippen molar-refractivity contribution < 1.29 is 14.4 Å². The maximum atomic E-state index is 11.7. The topological polar surface area (TPSA) is 95.7 Å². The normalized spacial score (nSPS) is 26.4. The van der Waals surface area contributed by atoms with Gasteiger partial charge in [-0.1, -0.05) is 0 Å². The van der Waals surface area contributed by atoms with E-state index in [0.717, 1.165) is 0 Å². The van der Waals surface area contributed by atoms with Crippen LogP contribution in [0.15, 0.2) is 0 Å². The number of piperazine rings is 2. The lowest BCUT2D eigenvalue weighted by Crippen LogP contribution is -2.67. The molecule has 0 bridgehead atoms. The van der Waals surface area contributed by atoms with E-state index in [2.05, 4.69) is 5.32 Å². The third kappa shape index (κ3) is 2.10. The molecule has 0 saturated carbocycles. The highest BCUT2D eigenvalue weighted by molar-refractivity contribution is 5.95. The van der Waals surface area contributed by atoms with Crippen molar-refractivity contribution in [3.05, 3.63) is 0 Å². The van der Waals surface area contributed by atoms with Crippen molar-refractivity contribution >= 4 is 17.7 Å². The van der Waals surface area contributed by atoms with Crippen molar-refractivity contribution in [2.45, 2.75) is 19.0 Å². The van der Waals surface area contributed by atoms with Crippen molar-refractivity contribution in [3.63, 3.8) is 0 Å². The van der Waals surface area contributed by atoms with Crippen LogP contribution in [0.3, 0.4) is 0 Å². The summed E-state index contributed by atoms with van der Waals surface area (Å²) in [6.45, 7) is 2.74. The molecule has 2 atom stereocenters. The van der Waals surface area contributed by atoms with Crippen LogP contribution in [0, 0.1) is 0 Å². The fourth-order valence-electron chi connectivity index (χ4n) is 2.18. The van der Waals surface area contributed by atoms with Crippen LogP contribution in [0.2, 0.25) is 0 Å². The minimum atomic E-state index is -0.580. The first-order chi connectivity index (χ1) is 8.00. The molecule has 2 aliphatic heterocycles. The van der Waals surface area contributed by atoms with Crippen LogP contribution in [0.4, 0.5) is 0 Å². The van der Waals surface area contributed by atoms with Gasteiger partial charge in [-0.15, -0.1) is 0 Å². The van der Waals surface area contributed by atoms with Gasteiger partial charge in [-0.25, -0.2) is 0 Å². The minimum Gasteiger partial charge on any atom is -0.345 e. The van der Waals surface area contributed by atoms with E-state index < -0.39 is 12.1 Å². The Morgan fingerprint density at radius 1 is 1.47 bits per heavy atom. The second-order valence-corrected chi connectivity index (χ2v) is 4.39. The predicted molar refractivity (Wildman–Crippen MR) is 58.7 cm³/mol. The van der Waals surface area contributed by atoms with Crippen molar-refractivity contribution in [1.82, 2.24) is 15.1 Å². The Labute approximate surface area is 98.9 Å². The van der Waals surface area contributed by atoms with Gasteiger partial charge in [-0.2, -0.15) is 0 Å². The van der Waals surface area contributed by atoms with Gasteiger partial charge in [0.25, 0.3) is 0 Å². The maximum Gasteiger partial charge on any atom is 0.245 e. The highest BCUT2D eigenvalue weighted by Gasteiger charge is 2.40. The fourth-order valence-corrected chi connectivity index (χ4v) is 2.18. The molecule has 0 aliphatic carbocycles. The van der Waals surface area contributed by atoms with Crippen molar-refractivity contribution in [2.75, 3.05) is 26.2 Å². The molecule has 0 aromatic heterocycles. The molecule has 17 heavy (non-hydrogen) atoms. The largest absolute Gasteiger partial charge is 0.345 e. The van der Waals surface area contributed by atoms with Gasteiger partial charge in [0.2, 0.25) is 17.7 Å². The molecular weight excluding hydrogens is 224 g/mol. The Balaban J connectivity index is 2.09. The molecule has 0 spiro atoms. The van der Waals surface area contributed by atoms with Gasteiger partial charge < -0.3 is 20.9 Å². The SMILES string of the molecule is CC(N)C(=O)N1CCN2C(=O)CNC(=O)C2C1. The Hall–Kier alpha value is -1.63. The third-order valence-corrected chi connectivity index (χ3v) is 3.12. The molecule has 3 amide bonds. The number of nitrogens with two attached hydrogens (primary N) is 1. The molecule has 7 heteroatoms. The highest BCUT2D eigenvalue weighted by atomic mass is 16.2. The second kappa shape index (κ2) is 4.33. The second-order valence-electron chi connectivity index (χ2n) is 4.39. The highest BCUT2D eigenvalue weighted by Crippen LogP contribution is 2.13. The number of carbonyl (C=O) groups excluding carboxylic acids is 3. The summed E-state index contributed by atoms with van der Waals surface area (Å²) in [5.41, 5.74) is 5.52. The standard InChI is InChI=1S/C10H16N4O3/c1-6(11)10(17)13-2-3-14-7(5-13)9(16)12-4-8(14)15/h6-7H,2-5,11H2,1H3,(H,12,16). The Kier molecular flexibility index (Phi) is 3.01. The lowest BCUT2D eigenvalue weighted by Gasteiger charge is -2.43. The average Bonchev–Trinajstić information content (AvgIpc) is 2.32. The fraction of sp³-hybridized carbons (Fsp3) is 0.700. The number of hydrogen-bond acceptors (Lipinski definition) is 4. The van der Waals surface area contributed by atoms with Crippen molar-refractivity contribution in [2.24, 2.45) is 5.73 Å². The summed E-state index contributed by atoms with van der Waals surface area (Å²) in [4.78, 5) is 38.0. The summed E-state index contributed by atoms with van der Waals surface area (Å²) in [6, 6.07) is -1.14. The van der Waals surface area contributed by atoms with Crippen LogP contribution in [0.25, 0.3) is 0 Å². The molecule has 2 saturated heterocycles. The van der Waals surface area contributed by atoms with Gasteiger partial charge in [0.1, 0.15) is 6.04 Å². The first kappa shape index (κ1) is 11.8. The first-order valence-corrected chi connectivity index (χ1v) is 5.62. The number of nitrogens with one attached hydrogen (secondary N) is 1. The monoisotopic (exact) mass is 240 g/mol. The zero-order valence-electron chi connectivity index (χ0n) is 9.68. The van der Waals surface area contributed by atoms with Gasteiger partial charge >= 0.3 is 0 Å². The molecule has 0 aromatic carbocycles. The molecule has 94 valence electrons. The van der Waals surface area contributed by atoms with Crippen LogP contribution in [-0.2, 0) is 14.4 Å². The van der Waals surface area contributed by atoms with Crippen LogP contribution in [0.5, 0.6) is 0 Å². The first-order valence-electron chi connectivity index (χ1n) is 5.62. The minimum absolute atomic E-state index is 0.0522. The summed E-state index contributed by atoms with van der Waals surface area (Å²) in [5.74, 6) is -0.482. The van der Waals surface area contributed by atoms with Crippen LogP contribution in [-0.4, -0.2) is 65.8 Å². The van der Waals surface area contributed by atoms with Crippen LogP contribution < -0.4 is 11.1 Å². The summed E-state index contributed by atoms with van der Waals surface area (Å²) < 4.78 is 0. The van der Waals surface area contributed by atoms with Crippen molar-refractivity contribution in [3.8, 4) is 0 Å². The molecule has 2 rings (SSSR count). The Morgan fingerprint density at radius 2 is 2.18 bits per heavy atom. The van der Waals surface area contributed by atoms with Gasteiger partial charge in [-0.05, 0) is 6.92 Å². The molecule has 2 unspecified atom stereocenters. The summed E-state index contributed by atoms with van der Waals surface area (Å²) in [6.07, 6.45) is 0. The molecule has 3 N–H and O–H groups in total. The van der Waals surface area contributed by atoms with Gasteiger partial charge in [0, 0.05) is 13.1 Å². The van der Waals surface area contributed by atoms with E-state index >= 15 is 0 Å². The van der Waals surface area contributed by atoms with E-state index in [1.54, 1.807) is 11.8 Å². The van der Waals surface area contributed by atoms with E-state index in [1.165, 1.54) is 4.90 Å². The van der Waals surface area contributed by atoms with Crippen molar-refractivity contribution in [1.29, 1.82) is 0 Å². The van der Waals surface area contributed by atoms with E-state index in [9.17, 15) is 14.4 Å². The van der Waals surface area contributed by atoms with Gasteiger partial charge in [0.15, 0.2) is 0 Å². The third-order valence-electron chi connectivity index (χ3n) is 3.12. The molecule has 7 nitrogen and oxygen atoms in total. The Morgan fingerprint density at radius 3 is 2.82 bits per heavy atom. The average molecular weight is 240 g/mol. The molecule has 2 heterocycles. The van der Waals surface area contributed by atoms with E-state index in [0.29, 0.717) is 13.1 Å². The molecule has 0 radical (unpaired) electrons. The Bertz CT molecular complexity index is 369. The number of carbonyl (C=O) groups is 3. The van der Waals surface area contributed by atoms with E-state index in [-0.39, 0.29) is 30.8 Å². The lowest BCUT2D eigenvalue weighted by molar-refractivity contribution is -0.152. The summed E-state index contributed by atoms with van der Waals surface area (Å²) in [5, 5.41) is 2.52. The number of rotatable bonds is 1. The zero-order valence-corrected chi connectivity index (χ0v) is 9.68. The number of nitrogens with zero attached hydrogens (tertiary/aromatic N) is 2. The van der Waals surface area contributed by atoms with Gasteiger partial charge in [-0.3, -0.25) is 14.4 Å². The molecule has 2 fully saturated rings. The predicted octanol–water partition coefficient (Wildman–Crippen LogP) is -2.50. The maximum absolute atomic E-state index is 11.7. The number of fused-ring (bicyclic) bond motifs is 1. The smallest absolute Gasteiger partial charge is 0.245 e. The molecular formula is C10H16N4O3. The zero-order chi connectivity index (χ0) is 12.6. The molecule has 0 aromatic rings. The summed E-state index contributed by atoms with van der Waals surface area (Å²) >= 11 is 0. The lowest BCUT2D eigenvalue weighted by atomic mass is 10.1. The quantitative estimate of drug-likeness (QED) is 0.529. The van der Waals surface area contributed by atoms with E-state index in [1.807, 2.05) is 0 Å². The van der Waals surface area contributed by atoms with Gasteiger partial charge in [0.05, 0.1) is 19.1 Å². The molecule has 2 aliphatic rings. The number of hydrogen-bond donors (Lipinski definition) is 2. The van der Waals surface area contributed by atoms with Crippen LogP contribution in [0.1, 0.15) is 6.92 Å². The van der Waals surface area contributed by atoms with Crippen LogP contribution >= 0.6 is 0 Å². The van der Waals surface area contributed by atoms with E-state index in [4.69, 9.17) is 5.73 Å². The number of amides is 3.